The average Bonchev–Trinajstić information content (AvgIpc) is 2.39. The molecule has 0 fully saturated rings. The van der Waals surface area contributed by atoms with Gasteiger partial charge in [0.1, 0.15) is 11.5 Å². The summed E-state index contributed by atoms with van der Waals surface area (Å²) in [5.74, 6) is -1.34. The van der Waals surface area contributed by atoms with Gasteiger partial charge in [0.15, 0.2) is 0 Å². The van der Waals surface area contributed by atoms with E-state index in [-0.39, 0.29) is 11.5 Å². The number of hydrogen-bond donors (Lipinski definition) is 1. The zero-order valence-corrected chi connectivity index (χ0v) is 10.4. The summed E-state index contributed by atoms with van der Waals surface area (Å²) >= 11 is 0. The van der Waals surface area contributed by atoms with E-state index in [0.717, 1.165) is 5.69 Å². The molecule has 1 aromatic carbocycles. The molecule has 0 saturated carbocycles. The molecule has 4 nitrogen and oxygen atoms in total. The third kappa shape index (κ3) is 3.28. The topological polar surface area (TPSA) is 53.4 Å². The first kappa shape index (κ1) is 13.0. The first-order chi connectivity index (χ1) is 9.06. The number of nitrogens with zero attached hydrogens (tertiary/aromatic N) is 2. The number of carboxylic acids is 1. The lowest BCUT2D eigenvalue weighted by Gasteiger charge is -2.18. The lowest BCUT2D eigenvalue weighted by atomic mass is 10.2. The quantitative estimate of drug-likeness (QED) is 0.917. The molecule has 5 heteroatoms. The Morgan fingerprint density at radius 3 is 2.58 bits per heavy atom. The van der Waals surface area contributed by atoms with Crippen molar-refractivity contribution in [1.82, 2.24) is 4.98 Å². The van der Waals surface area contributed by atoms with Gasteiger partial charge in [0.05, 0.1) is 12.2 Å². The molecule has 2 rings (SSSR count). The Balaban J connectivity index is 2.14. The van der Waals surface area contributed by atoms with Gasteiger partial charge >= 0.3 is 5.97 Å². The van der Waals surface area contributed by atoms with Gasteiger partial charge in [-0.2, -0.15) is 0 Å². The highest BCUT2D eigenvalue weighted by Gasteiger charge is 2.07. The molecule has 1 N–H and O–H groups in total. The first-order valence-corrected chi connectivity index (χ1v) is 5.72. The number of anilines is 1. The highest BCUT2D eigenvalue weighted by atomic mass is 19.1. The van der Waals surface area contributed by atoms with Gasteiger partial charge in [0, 0.05) is 12.7 Å². The van der Waals surface area contributed by atoms with E-state index in [1.165, 1.54) is 18.2 Å². The van der Waals surface area contributed by atoms with Crippen LogP contribution in [0.5, 0.6) is 0 Å². The van der Waals surface area contributed by atoms with Crippen LogP contribution in [-0.4, -0.2) is 23.1 Å². The fraction of sp³-hybridized carbons (Fsp3) is 0.143. The van der Waals surface area contributed by atoms with Crippen LogP contribution in [0.1, 0.15) is 16.2 Å². The van der Waals surface area contributed by atoms with Crippen LogP contribution in [0.15, 0.2) is 42.5 Å². The molecule has 0 atom stereocenters. The maximum absolute atomic E-state index is 12.8. The molecule has 0 amide bonds. The number of aromatic carboxylic acids is 1. The average molecular weight is 260 g/mol. The number of pyridine rings is 1. The van der Waals surface area contributed by atoms with Crippen molar-refractivity contribution in [2.45, 2.75) is 6.54 Å². The molecule has 0 spiro atoms. The van der Waals surface area contributed by atoms with Crippen molar-refractivity contribution in [3.8, 4) is 0 Å². The molecule has 0 aliphatic heterocycles. The highest BCUT2D eigenvalue weighted by Crippen LogP contribution is 2.15. The van der Waals surface area contributed by atoms with Gasteiger partial charge in [0.2, 0.25) is 0 Å². The zero-order chi connectivity index (χ0) is 13.8. The highest BCUT2D eigenvalue weighted by molar-refractivity contribution is 5.85. The van der Waals surface area contributed by atoms with Crippen LogP contribution in [0.4, 0.5) is 10.1 Å². The number of hydrogen-bond acceptors (Lipinski definition) is 3. The third-order valence-electron chi connectivity index (χ3n) is 2.69. The van der Waals surface area contributed by atoms with Crippen LogP contribution in [0.2, 0.25) is 0 Å². The number of rotatable bonds is 4. The van der Waals surface area contributed by atoms with E-state index in [9.17, 15) is 9.18 Å². The number of carboxylic acid groups (broad SMARTS) is 1. The molecule has 1 aromatic heterocycles. The third-order valence-corrected chi connectivity index (χ3v) is 2.69. The van der Waals surface area contributed by atoms with Crippen molar-refractivity contribution in [1.29, 1.82) is 0 Å². The summed E-state index contributed by atoms with van der Waals surface area (Å²) in [7, 11) is 1.84. The maximum atomic E-state index is 12.8. The minimum atomic E-state index is -1.05. The number of carbonyl (C=O) groups is 1. The van der Waals surface area contributed by atoms with Crippen molar-refractivity contribution >= 4 is 11.7 Å². The number of benzene rings is 1. The Hall–Kier alpha value is -2.43. The molecule has 1 heterocycles. The van der Waals surface area contributed by atoms with E-state index in [4.69, 9.17) is 5.11 Å². The van der Waals surface area contributed by atoms with Gasteiger partial charge in [0.25, 0.3) is 0 Å². The van der Waals surface area contributed by atoms with Gasteiger partial charge in [-0.05, 0) is 36.4 Å². The number of halogens is 1. The van der Waals surface area contributed by atoms with Gasteiger partial charge in [-0.1, -0.05) is 6.07 Å². The van der Waals surface area contributed by atoms with E-state index in [1.54, 1.807) is 24.3 Å². The summed E-state index contributed by atoms with van der Waals surface area (Å²) in [4.78, 5) is 16.7. The molecule has 0 saturated heterocycles. The molecule has 2 aromatic rings. The lowest BCUT2D eigenvalue weighted by Crippen LogP contribution is -2.18. The predicted octanol–water partition coefficient (Wildman–Crippen LogP) is 2.56. The summed E-state index contributed by atoms with van der Waals surface area (Å²) in [5, 5.41) is 8.87. The van der Waals surface area contributed by atoms with E-state index >= 15 is 0 Å². The first-order valence-electron chi connectivity index (χ1n) is 5.72. The summed E-state index contributed by atoms with van der Waals surface area (Å²) in [6.45, 7) is 0.451. The van der Waals surface area contributed by atoms with Crippen LogP contribution < -0.4 is 4.90 Å². The monoisotopic (exact) mass is 260 g/mol. The fourth-order valence-electron chi connectivity index (χ4n) is 1.72. The van der Waals surface area contributed by atoms with E-state index < -0.39 is 5.97 Å². The standard InChI is InChI=1S/C14H13FN2O2/c1-17(12-7-5-10(15)6-8-12)9-11-3-2-4-13(16-11)14(18)19/h2-8H,9H2,1H3,(H,18,19). The summed E-state index contributed by atoms with van der Waals surface area (Å²) in [5.41, 5.74) is 1.50. The van der Waals surface area contributed by atoms with Crippen LogP contribution >= 0.6 is 0 Å². The largest absolute Gasteiger partial charge is 0.477 e. The minimum absolute atomic E-state index is 0.0185. The number of aromatic nitrogens is 1. The van der Waals surface area contributed by atoms with Crippen LogP contribution in [-0.2, 0) is 6.54 Å². The minimum Gasteiger partial charge on any atom is -0.477 e. The maximum Gasteiger partial charge on any atom is 0.354 e. The Bertz CT molecular complexity index is 584. The van der Waals surface area contributed by atoms with Crippen LogP contribution in [0.3, 0.4) is 0 Å². The molecule has 0 radical (unpaired) electrons. The molecule has 0 unspecified atom stereocenters. The van der Waals surface area contributed by atoms with Crippen LogP contribution in [0, 0.1) is 5.82 Å². The molecule has 0 aliphatic carbocycles. The molecule has 19 heavy (non-hydrogen) atoms. The fourth-order valence-corrected chi connectivity index (χ4v) is 1.72. The Kier molecular flexibility index (Phi) is 3.75. The van der Waals surface area contributed by atoms with Crippen LogP contribution in [0.25, 0.3) is 0 Å². The van der Waals surface area contributed by atoms with Gasteiger partial charge in [-0.25, -0.2) is 14.2 Å². The van der Waals surface area contributed by atoms with Crippen molar-refractivity contribution in [3.63, 3.8) is 0 Å². The summed E-state index contributed by atoms with van der Waals surface area (Å²) in [6, 6.07) is 11.0. The smallest absolute Gasteiger partial charge is 0.354 e. The summed E-state index contributed by atoms with van der Waals surface area (Å²) < 4.78 is 12.8. The molecule has 0 aliphatic rings. The van der Waals surface area contributed by atoms with Gasteiger partial charge in [-0.15, -0.1) is 0 Å². The van der Waals surface area contributed by atoms with Crippen molar-refractivity contribution in [2.24, 2.45) is 0 Å². The summed E-state index contributed by atoms with van der Waals surface area (Å²) in [6.07, 6.45) is 0. The Morgan fingerprint density at radius 2 is 1.95 bits per heavy atom. The second kappa shape index (κ2) is 5.48. The molecular formula is C14H13FN2O2. The Labute approximate surface area is 110 Å². The second-order valence-electron chi connectivity index (χ2n) is 4.15. The van der Waals surface area contributed by atoms with E-state index in [1.807, 2.05) is 11.9 Å². The second-order valence-corrected chi connectivity index (χ2v) is 4.15. The zero-order valence-electron chi connectivity index (χ0n) is 10.4. The SMILES string of the molecule is CN(Cc1cccc(C(=O)O)n1)c1ccc(F)cc1. The Morgan fingerprint density at radius 1 is 1.26 bits per heavy atom. The van der Waals surface area contributed by atoms with Crippen molar-refractivity contribution < 1.29 is 14.3 Å². The molecule has 0 bridgehead atoms. The van der Waals surface area contributed by atoms with Gasteiger partial charge in [-0.3, -0.25) is 0 Å². The van der Waals surface area contributed by atoms with Crippen molar-refractivity contribution in [2.75, 3.05) is 11.9 Å². The predicted molar refractivity (Wildman–Crippen MR) is 69.7 cm³/mol. The molecular weight excluding hydrogens is 247 g/mol. The van der Waals surface area contributed by atoms with Crippen molar-refractivity contribution in [3.05, 3.63) is 59.7 Å². The lowest BCUT2D eigenvalue weighted by molar-refractivity contribution is 0.0690. The molecule has 98 valence electrons. The van der Waals surface area contributed by atoms with E-state index in [2.05, 4.69) is 4.98 Å². The van der Waals surface area contributed by atoms with E-state index in [0.29, 0.717) is 12.2 Å². The van der Waals surface area contributed by atoms with Gasteiger partial charge < -0.3 is 10.0 Å². The normalized spacial score (nSPS) is 10.2.